The molecule has 0 radical (unpaired) electrons. The number of para-hydroxylation sites is 2. The third-order valence-electron chi connectivity index (χ3n) is 6.21. The van der Waals surface area contributed by atoms with E-state index in [0.717, 1.165) is 62.6 Å². The Morgan fingerprint density at radius 3 is 2.55 bits per heavy atom. The Balaban J connectivity index is 1.37. The van der Waals surface area contributed by atoms with Crippen LogP contribution in [0.2, 0.25) is 0 Å². The molecule has 154 valence electrons. The summed E-state index contributed by atoms with van der Waals surface area (Å²) in [6, 6.07) is 16.6. The maximum atomic E-state index is 13.0. The zero-order chi connectivity index (χ0) is 20.2. The summed E-state index contributed by atoms with van der Waals surface area (Å²) >= 11 is 0. The molecule has 2 aliphatic rings. The van der Waals surface area contributed by atoms with Gasteiger partial charge in [-0.25, -0.2) is 0 Å². The molecule has 2 saturated heterocycles. The second kappa shape index (κ2) is 8.87. The first kappa shape index (κ1) is 19.8. The number of methoxy groups -OCH3 is 1. The topological polar surface area (TPSA) is 36.0 Å². The summed E-state index contributed by atoms with van der Waals surface area (Å²) in [5.41, 5.74) is 3.12. The molecule has 5 heteroatoms. The summed E-state index contributed by atoms with van der Waals surface area (Å²) in [6.45, 7) is 7.76. The maximum Gasteiger partial charge on any atom is 0.253 e. The lowest BCUT2D eigenvalue weighted by molar-refractivity contribution is 0.0563. The van der Waals surface area contributed by atoms with Gasteiger partial charge in [0.1, 0.15) is 5.75 Å². The van der Waals surface area contributed by atoms with Gasteiger partial charge in [-0.2, -0.15) is 0 Å². The van der Waals surface area contributed by atoms with Gasteiger partial charge in [0.15, 0.2) is 0 Å². The predicted molar refractivity (Wildman–Crippen MR) is 117 cm³/mol. The van der Waals surface area contributed by atoms with Crippen LogP contribution in [-0.4, -0.2) is 68.1 Å². The number of piperidine rings is 1. The summed E-state index contributed by atoms with van der Waals surface area (Å²) in [7, 11) is 1.73. The Morgan fingerprint density at radius 2 is 1.79 bits per heavy atom. The zero-order valence-electron chi connectivity index (χ0n) is 17.5. The van der Waals surface area contributed by atoms with Crippen LogP contribution in [0.3, 0.4) is 0 Å². The number of hydrogen-bond acceptors (Lipinski definition) is 4. The number of piperazine rings is 1. The highest BCUT2D eigenvalue weighted by Gasteiger charge is 2.30. The number of hydrogen-bond donors (Lipinski definition) is 0. The summed E-state index contributed by atoms with van der Waals surface area (Å²) in [4.78, 5) is 20.0. The van der Waals surface area contributed by atoms with Crippen molar-refractivity contribution in [3.8, 4) is 5.75 Å². The summed E-state index contributed by atoms with van der Waals surface area (Å²) in [5, 5.41) is 0. The van der Waals surface area contributed by atoms with Gasteiger partial charge in [-0.3, -0.25) is 9.69 Å². The van der Waals surface area contributed by atoms with Crippen LogP contribution in [0.4, 0.5) is 5.69 Å². The molecule has 4 rings (SSSR count). The van der Waals surface area contributed by atoms with Crippen molar-refractivity contribution in [2.75, 3.05) is 51.3 Å². The summed E-state index contributed by atoms with van der Waals surface area (Å²) < 4.78 is 5.53. The van der Waals surface area contributed by atoms with Gasteiger partial charge in [0, 0.05) is 50.9 Å². The van der Waals surface area contributed by atoms with E-state index in [1.807, 2.05) is 43.3 Å². The van der Waals surface area contributed by atoms with Gasteiger partial charge in [0.05, 0.1) is 12.8 Å². The Labute approximate surface area is 173 Å². The van der Waals surface area contributed by atoms with Crippen molar-refractivity contribution >= 4 is 11.6 Å². The molecular weight excluding hydrogens is 362 g/mol. The molecule has 1 unspecified atom stereocenters. The normalized spacial score (nSPS) is 20.6. The average Bonchev–Trinajstić information content (AvgIpc) is 2.79. The number of rotatable bonds is 4. The van der Waals surface area contributed by atoms with Gasteiger partial charge >= 0.3 is 0 Å². The van der Waals surface area contributed by atoms with Gasteiger partial charge in [0.25, 0.3) is 5.91 Å². The van der Waals surface area contributed by atoms with Crippen LogP contribution in [-0.2, 0) is 0 Å². The Hall–Kier alpha value is -2.53. The van der Waals surface area contributed by atoms with Crippen LogP contribution in [0.25, 0.3) is 0 Å². The van der Waals surface area contributed by atoms with Crippen molar-refractivity contribution in [3.63, 3.8) is 0 Å². The molecule has 2 aromatic rings. The molecule has 0 aromatic heterocycles. The van der Waals surface area contributed by atoms with Crippen LogP contribution in [0, 0.1) is 6.92 Å². The van der Waals surface area contributed by atoms with Crippen molar-refractivity contribution in [1.29, 1.82) is 0 Å². The van der Waals surface area contributed by atoms with E-state index < -0.39 is 0 Å². The average molecular weight is 394 g/mol. The molecule has 0 N–H and O–H groups in total. The van der Waals surface area contributed by atoms with Crippen molar-refractivity contribution in [3.05, 3.63) is 59.7 Å². The molecule has 0 spiro atoms. The van der Waals surface area contributed by atoms with Crippen LogP contribution in [0.15, 0.2) is 48.5 Å². The standard InChI is InChI=1S/C24H31N3O2/c1-19-7-5-8-20(17-19)24(28)27-12-6-9-21(18-27)25-13-15-26(16-14-25)22-10-3-4-11-23(22)29-2/h3-5,7-8,10-11,17,21H,6,9,12-16,18H2,1-2H3. The number of amides is 1. The number of anilines is 1. The van der Waals surface area contributed by atoms with Crippen molar-refractivity contribution in [2.45, 2.75) is 25.8 Å². The highest BCUT2D eigenvalue weighted by Crippen LogP contribution is 2.29. The van der Waals surface area contributed by atoms with Gasteiger partial charge in [-0.15, -0.1) is 0 Å². The Kier molecular flexibility index (Phi) is 6.05. The number of nitrogens with zero attached hydrogens (tertiary/aromatic N) is 3. The lowest BCUT2D eigenvalue weighted by Gasteiger charge is -2.44. The van der Waals surface area contributed by atoms with Gasteiger partial charge in [0.2, 0.25) is 0 Å². The van der Waals surface area contributed by atoms with E-state index in [1.165, 1.54) is 12.1 Å². The molecule has 1 amide bonds. The highest BCUT2D eigenvalue weighted by molar-refractivity contribution is 5.94. The van der Waals surface area contributed by atoms with Gasteiger partial charge in [-0.1, -0.05) is 29.8 Å². The summed E-state index contributed by atoms with van der Waals surface area (Å²) in [5.74, 6) is 1.11. The summed E-state index contributed by atoms with van der Waals surface area (Å²) in [6.07, 6.45) is 2.25. The van der Waals surface area contributed by atoms with Crippen LogP contribution in [0.1, 0.15) is 28.8 Å². The molecule has 0 bridgehead atoms. The predicted octanol–water partition coefficient (Wildman–Crippen LogP) is 3.43. The van der Waals surface area contributed by atoms with Gasteiger partial charge in [-0.05, 0) is 44.0 Å². The first-order valence-corrected chi connectivity index (χ1v) is 10.6. The second-order valence-electron chi connectivity index (χ2n) is 8.11. The highest BCUT2D eigenvalue weighted by atomic mass is 16.5. The van der Waals surface area contributed by atoms with E-state index in [4.69, 9.17) is 4.74 Å². The minimum Gasteiger partial charge on any atom is -0.495 e. The molecule has 2 heterocycles. The number of likely N-dealkylation sites (tertiary alicyclic amines) is 1. The maximum absolute atomic E-state index is 13.0. The van der Waals surface area contributed by atoms with E-state index in [9.17, 15) is 4.79 Å². The zero-order valence-corrected chi connectivity index (χ0v) is 17.5. The first-order valence-electron chi connectivity index (χ1n) is 10.6. The van der Waals surface area contributed by atoms with Crippen molar-refractivity contribution in [1.82, 2.24) is 9.80 Å². The SMILES string of the molecule is COc1ccccc1N1CCN(C2CCCN(C(=O)c3cccc(C)c3)C2)CC1. The molecule has 1 atom stereocenters. The molecule has 2 fully saturated rings. The van der Waals surface area contributed by atoms with Crippen molar-refractivity contribution < 1.29 is 9.53 Å². The molecule has 2 aromatic carbocycles. The van der Waals surface area contributed by atoms with E-state index in [0.29, 0.717) is 6.04 Å². The fraction of sp³-hybridized carbons (Fsp3) is 0.458. The largest absolute Gasteiger partial charge is 0.495 e. The number of benzene rings is 2. The molecular formula is C24H31N3O2. The molecule has 0 saturated carbocycles. The second-order valence-corrected chi connectivity index (χ2v) is 8.11. The van der Waals surface area contributed by atoms with E-state index in [2.05, 4.69) is 26.8 Å². The molecule has 5 nitrogen and oxygen atoms in total. The minimum absolute atomic E-state index is 0.172. The van der Waals surface area contributed by atoms with Crippen LogP contribution >= 0.6 is 0 Å². The monoisotopic (exact) mass is 393 g/mol. The van der Waals surface area contributed by atoms with Crippen molar-refractivity contribution in [2.24, 2.45) is 0 Å². The fourth-order valence-corrected chi connectivity index (χ4v) is 4.62. The van der Waals surface area contributed by atoms with Gasteiger partial charge < -0.3 is 14.5 Å². The van der Waals surface area contributed by atoms with E-state index in [1.54, 1.807) is 7.11 Å². The van der Waals surface area contributed by atoms with E-state index in [-0.39, 0.29) is 5.91 Å². The third kappa shape index (κ3) is 4.40. The first-order chi connectivity index (χ1) is 14.2. The third-order valence-corrected chi connectivity index (χ3v) is 6.21. The van der Waals surface area contributed by atoms with Crippen LogP contribution in [0.5, 0.6) is 5.75 Å². The Morgan fingerprint density at radius 1 is 1.00 bits per heavy atom. The lowest BCUT2D eigenvalue weighted by Crippen LogP contribution is -2.55. The smallest absolute Gasteiger partial charge is 0.253 e. The fourth-order valence-electron chi connectivity index (χ4n) is 4.62. The number of carbonyl (C=O) groups is 1. The Bertz CT molecular complexity index is 846. The lowest BCUT2D eigenvalue weighted by atomic mass is 10.0. The quantitative estimate of drug-likeness (QED) is 0.797. The number of carbonyl (C=O) groups excluding carboxylic acids is 1. The number of ether oxygens (including phenoxy) is 1. The van der Waals surface area contributed by atoms with E-state index >= 15 is 0 Å². The molecule has 2 aliphatic heterocycles. The number of aryl methyl sites for hydroxylation is 1. The minimum atomic E-state index is 0.172. The van der Waals surface area contributed by atoms with Crippen LogP contribution < -0.4 is 9.64 Å². The molecule has 0 aliphatic carbocycles. The molecule has 29 heavy (non-hydrogen) atoms.